The van der Waals surface area contributed by atoms with Gasteiger partial charge in [-0.1, -0.05) is 6.92 Å². The Balaban J connectivity index is 1.82. The van der Waals surface area contributed by atoms with Crippen LogP contribution in [0, 0.1) is 0 Å². The summed E-state index contributed by atoms with van der Waals surface area (Å²) < 4.78 is 0. The first-order chi connectivity index (χ1) is 10.2. The average Bonchev–Trinajstić information content (AvgIpc) is 2.51. The van der Waals surface area contributed by atoms with Crippen LogP contribution >= 0.6 is 0 Å². The van der Waals surface area contributed by atoms with Crippen LogP contribution in [0.3, 0.4) is 0 Å². The molecule has 0 aromatic carbocycles. The summed E-state index contributed by atoms with van der Waals surface area (Å²) in [5.41, 5.74) is 2.72. The van der Waals surface area contributed by atoms with E-state index >= 15 is 0 Å². The lowest BCUT2D eigenvalue weighted by atomic mass is 9.75. The highest BCUT2D eigenvalue weighted by molar-refractivity contribution is 5.45. The first kappa shape index (κ1) is 14.3. The Morgan fingerprint density at radius 3 is 2.33 bits per heavy atom. The van der Waals surface area contributed by atoms with Gasteiger partial charge in [0.15, 0.2) is 0 Å². The quantitative estimate of drug-likeness (QED) is 0.563. The van der Waals surface area contributed by atoms with Gasteiger partial charge in [-0.05, 0) is 44.9 Å². The topological polar surface area (TPSA) is 92.0 Å². The van der Waals surface area contributed by atoms with Crippen LogP contribution in [0.15, 0.2) is 0 Å². The molecular weight excluding hydrogens is 266 g/mol. The van der Waals surface area contributed by atoms with Gasteiger partial charge in [-0.15, -0.1) is 0 Å². The molecule has 0 radical (unpaired) electrons. The van der Waals surface area contributed by atoms with Crippen LogP contribution < -0.4 is 21.5 Å². The molecule has 7 nitrogen and oxygen atoms in total. The highest BCUT2D eigenvalue weighted by atomic mass is 15.4. The third kappa shape index (κ3) is 3.02. The van der Waals surface area contributed by atoms with E-state index in [-0.39, 0.29) is 5.54 Å². The lowest BCUT2D eigenvalue weighted by Gasteiger charge is -2.42. The normalized spacial score (nSPS) is 20.8. The molecule has 1 aromatic rings. The molecule has 1 saturated heterocycles. The first-order valence-corrected chi connectivity index (χ1v) is 8.00. The van der Waals surface area contributed by atoms with E-state index in [9.17, 15) is 0 Å². The molecule has 2 aliphatic rings. The molecule has 0 spiro atoms. The summed E-state index contributed by atoms with van der Waals surface area (Å²) in [7, 11) is 0. The minimum absolute atomic E-state index is 0.159. The monoisotopic (exact) mass is 291 g/mol. The molecule has 0 atom stereocenters. The Morgan fingerprint density at radius 1 is 1.05 bits per heavy atom. The van der Waals surface area contributed by atoms with Crippen LogP contribution in [-0.4, -0.2) is 33.6 Å². The fourth-order valence-corrected chi connectivity index (χ4v) is 3.13. The molecule has 1 aromatic heterocycles. The number of nitrogens with one attached hydrogen (secondary N) is 2. The smallest absolute Gasteiger partial charge is 0.243 e. The van der Waals surface area contributed by atoms with Gasteiger partial charge in [0.05, 0.1) is 0 Å². The van der Waals surface area contributed by atoms with Gasteiger partial charge in [-0.25, -0.2) is 5.84 Å². The summed E-state index contributed by atoms with van der Waals surface area (Å²) in [6, 6.07) is 0. The van der Waals surface area contributed by atoms with Gasteiger partial charge in [0.1, 0.15) is 0 Å². The summed E-state index contributed by atoms with van der Waals surface area (Å²) in [6.07, 6.45) is 8.39. The zero-order valence-electron chi connectivity index (χ0n) is 12.7. The van der Waals surface area contributed by atoms with E-state index in [1.165, 1.54) is 38.5 Å². The molecule has 1 aliphatic heterocycles. The summed E-state index contributed by atoms with van der Waals surface area (Å²) in [5, 5.41) is 3.51. The molecule has 0 bridgehead atoms. The predicted molar refractivity (Wildman–Crippen MR) is 84.2 cm³/mol. The number of piperidine rings is 1. The summed E-state index contributed by atoms with van der Waals surface area (Å²) in [6.45, 7) is 4.22. The van der Waals surface area contributed by atoms with Gasteiger partial charge >= 0.3 is 0 Å². The van der Waals surface area contributed by atoms with Gasteiger partial charge < -0.3 is 10.2 Å². The minimum atomic E-state index is 0.159. The standard InChI is InChI=1S/C14H25N7/c1-2-14(7-6-8-14)19-11-16-12(20-15)18-13(17-11)21-9-4-3-5-10-21/h2-10,15H2,1H3,(H2,16,17,18,19,20). The molecule has 1 aliphatic carbocycles. The maximum Gasteiger partial charge on any atom is 0.243 e. The van der Waals surface area contributed by atoms with E-state index < -0.39 is 0 Å². The van der Waals surface area contributed by atoms with E-state index in [2.05, 4.69) is 37.5 Å². The molecule has 7 heteroatoms. The zero-order chi connectivity index (χ0) is 14.7. The summed E-state index contributed by atoms with van der Waals surface area (Å²) in [5.74, 6) is 7.31. The number of anilines is 3. The van der Waals surface area contributed by atoms with E-state index in [1.807, 2.05) is 0 Å². The van der Waals surface area contributed by atoms with Crippen molar-refractivity contribution < 1.29 is 0 Å². The van der Waals surface area contributed by atoms with Crippen LogP contribution in [0.5, 0.6) is 0 Å². The maximum atomic E-state index is 5.51. The largest absolute Gasteiger partial charge is 0.349 e. The van der Waals surface area contributed by atoms with Crippen LogP contribution in [-0.2, 0) is 0 Å². The molecule has 2 fully saturated rings. The summed E-state index contributed by atoms with van der Waals surface area (Å²) in [4.78, 5) is 15.6. The fourth-order valence-electron chi connectivity index (χ4n) is 3.13. The fraction of sp³-hybridized carbons (Fsp3) is 0.786. The number of aromatic nitrogens is 3. The Kier molecular flexibility index (Phi) is 4.10. The second-order valence-electron chi connectivity index (χ2n) is 6.09. The number of hydrazine groups is 1. The van der Waals surface area contributed by atoms with Gasteiger partial charge in [0, 0.05) is 18.6 Å². The number of nitrogens with zero attached hydrogens (tertiary/aromatic N) is 4. The van der Waals surface area contributed by atoms with Crippen molar-refractivity contribution in [2.24, 2.45) is 5.84 Å². The van der Waals surface area contributed by atoms with Crippen LogP contribution in [0.4, 0.5) is 17.8 Å². The maximum absolute atomic E-state index is 5.51. The molecule has 3 rings (SSSR count). The third-order valence-corrected chi connectivity index (χ3v) is 4.76. The van der Waals surface area contributed by atoms with E-state index in [4.69, 9.17) is 5.84 Å². The highest BCUT2D eigenvalue weighted by Crippen LogP contribution is 2.37. The SMILES string of the molecule is CCC1(Nc2nc(NN)nc(N3CCCCC3)n2)CCC1. The Bertz CT molecular complexity index is 475. The Morgan fingerprint density at radius 2 is 1.76 bits per heavy atom. The van der Waals surface area contributed by atoms with Gasteiger partial charge in [0.25, 0.3) is 0 Å². The van der Waals surface area contributed by atoms with Crippen molar-refractivity contribution in [3.05, 3.63) is 0 Å². The van der Waals surface area contributed by atoms with Crippen molar-refractivity contribution in [2.75, 3.05) is 28.7 Å². The van der Waals surface area contributed by atoms with Crippen molar-refractivity contribution in [1.29, 1.82) is 0 Å². The van der Waals surface area contributed by atoms with Crippen molar-refractivity contribution in [2.45, 2.75) is 57.4 Å². The second-order valence-corrected chi connectivity index (χ2v) is 6.09. The molecule has 21 heavy (non-hydrogen) atoms. The van der Waals surface area contributed by atoms with E-state index in [1.54, 1.807) is 0 Å². The second kappa shape index (κ2) is 6.01. The number of nitrogens with two attached hydrogens (primary N) is 1. The van der Waals surface area contributed by atoms with Crippen LogP contribution in [0.25, 0.3) is 0 Å². The zero-order valence-corrected chi connectivity index (χ0v) is 12.7. The number of rotatable bonds is 5. The van der Waals surface area contributed by atoms with Crippen LogP contribution in [0.2, 0.25) is 0 Å². The van der Waals surface area contributed by atoms with Crippen molar-refractivity contribution in [3.8, 4) is 0 Å². The third-order valence-electron chi connectivity index (χ3n) is 4.76. The lowest BCUT2D eigenvalue weighted by molar-refractivity contribution is 0.268. The van der Waals surface area contributed by atoms with Gasteiger partial charge in [-0.3, -0.25) is 5.43 Å². The summed E-state index contributed by atoms with van der Waals surface area (Å²) >= 11 is 0. The van der Waals surface area contributed by atoms with Crippen molar-refractivity contribution in [1.82, 2.24) is 15.0 Å². The molecule has 116 valence electrons. The number of nitrogen functional groups attached to an aromatic ring is 1. The first-order valence-electron chi connectivity index (χ1n) is 8.00. The van der Waals surface area contributed by atoms with E-state index in [0.29, 0.717) is 11.9 Å². The highest BCUT2D eigenvalue weighted by Gasteiger charge is 2.36. The van der Waals surface area contributed by atoms with Crippen LogP contribution in [0.1, 0.15) is 51.9 Å². The van der Waals surface area contributed by atoms with Gasteiger partial charge in [0.2, 0.25) is 17.8 Å². The molecule has 4 N–H and O–H groups in total. The molecular formula is C14H25N7. The van der Waals surface area contributed by atoms with E-state index in [0.717, 1.165) is 25.5 Å². The lowest BCUT2D eigenvalue weighted by Crippen LogP contribution is -2.45. The Hall–Kier alpha value is -1.63. The van der Waals surface area contributed by atoms with Crippen molar-refractivity contribution in [3.63, 3.8) is 0 Å². The molecule has 0 unspecified atom stereocenters. The minimum Gasteiger partial charge on any atom is -0.349 e. The molecule has 0 amide bonds. The number of hydrogen-bond donors (Lipinski definition) is 3. The number of hydrogen-bond acceptors (Lipinski definition) is 7. The predicted octanol–water partition coefficient (Wildman–Crippen LogP) is 1.89. The van der Waals surface area contributed by atoms with Gasteiger partial charge in [-0.2, -0.15) is 15.0 Å². The van der Waals surface area contributed by atoms with Crippen molar-refractivity contribution >= 4 is 17.8 Å². The molecule has 2 heterocycles. The Labute approximate surface area is 125 Å². The average molecular weight is 291 g/mol. The molecule has 1 saturated carbocycles.